The number of fused-ring (bicyclic) bond motifs is 1. The number of amides is 1. The number of carbonyl (C=O) groups is 1. The van der Waals surface area contributed by atoms with Gasteiger partial charge in [-0.2, -0.15) is 0 Å². The molecule has 4 nitrogen and oxygen atoms in total. The number of hydrogen-bond acceptors (Lipinski definition) is 5. The Morgan fingerprint density at radius 1 is 1.14 bits per heavy atom. The third-order valence-electron chi connectivity index (χ3n) is 4.70. The highest BCUT2D eigenvalue weighted by Gasteiger charge is 2.18. The van der Waals surface area contributed by atoms with Gasteiger partial charge in [-0.25, -0.2) is 0 Å². The lowest BCUT2D eigenvalue weighted by Crippen LogP contribution is -2.14. The predicted octanol–water partition coefficient (Wildman–Crippen LogP) is 5.67. The second-order valence-corrected chi connectivity index (χ2v) is 9.41. The fourth-order valence-corrected chi connectivity index (χ4v) is 6.11. The lowest BCUT2D eigenvalue weighted by Gasteiger charge is -2.21. The minimum atomic E-state index is -0.135. The number of ether oxygens (including phenoxy) is 1. The maximum absolute atomic E-state index is 12.9. The molecule has 0 unspecified atom stereocenters. The Balaban J connectivity index is 1.57. The quantitative estimate of drug-likeness (QED) is 0.600. The first kappa shape index (κ1) is 19.2. The summed E-state index contributed by atoms with van der Waals surface area (Å²) in [5.41, 5.74) is 4.19. The summed E-state index contributed by atoms with van der Waals surface area (Å²) >= 11 is 3.95. The van der Waals surface area contributed by atoms with Crippen LogP contribution in [0.2, 0.25) is 0 Å². The summed E-state index contributed by atoms with van der Waals surface area (Å²) in [4.78, 5) is 17.5. The third kappa shape index (κ3) is 4.13. The van der Waals surface area contributed by atoms with Gasteiger partial charge in [-0.05, 0) is 60.7 Å². The van der Waals surface area contributed by atoms with Crippen LogP contribution in [-0.2, 0) is 0 Å². The molecule has 0 radical (unpaired) electrons. The Bertz CT molecular complexity index is 1020. The Morgan fingerprint density at radius 2 is 1.96 bits per heavy atom. The molecule has 3 aromatic rings. The van der Waals surface area contributed by atoms with Crippen molar-refractivity contribution in [3.05, 3.63) is 65.4 Å². The Hall–Kier alpha value is -2.18. The lowest BCUT2D eigenvalue weighted by molar-refractivity contribution is 0.102. The summed E-state index contributed by atoms with van der Waals surface area (Å²) in [5.74, 6) is 3.01. The number of benzene rings is 2. The largest absolute Gasteiger partial charge is 0.497 e. The molecule has 28 heavy (non-hydrogen) atoms. The van der Waals surface area contributed by atoms with Gasteiger partial charge >= 0.3 is 0 Å². The average Bonchev–Trinajstić information content (AvgIpc) is 2.73. The number of aromatic nitrogens is 1. The normalized spacial score (nSPS) is 14.8. The van der Waals surface area contributed by atoms with Gasteiger partial charge in [0, 0.05) is 17.1 Å². The standard InChI is InChI=1S/C22H22N2O2S2/c1-14-19(12-15-7-8-18(26-2)13-20(15)23-14)21(25)24-17-6-3-5-16(11-17)22-27-9-4-10-28-22/h3,5-8,11-13,22H,4,9-10H2,1-2H3,(H,24,25). The predicted molar refractivity (Wildman–Crippen MR) is 120 cm³/mol. The highest BCUT2D eigenvalue weighted by atomic mass is 32.2. The monoisotopic (exact) mass is 410 g/mol. The van der Waals surface area contributed by atoms with Crippen molar-refractivity contribution >= 4 is 46.0 Å². The fourth-order valence-electron chi connectivity index (χ4n) is 3.24. The highest BCUT2D eigenvalue weighted by molar-refractivity contribution is 8.16. The number of pyridine rings is 1. The first-order valence-corrected chi connectivity index (χ1v) is 11.3. The van der Waals surface area contributed by atoms with Gasteiger partial charge in [0.1, 0.15) is 5.75 Å². The topological polar surface area (TPSA) is 51.2 Å². The van der Waals surface area contributed by atoms with Crippen molar-refractivity contribution in [2.45, 2.75) is 17.9 Å². The van der Waals surface area contributed by atoms with E-state index < -0.39 is 0 Å². The van der Waals surface area contributed by atoms with Crippen molar-refractivity contribution in [3.8, 4) is 5.75 Å². The number of anilines is 1. The van der Waals surface area contributed by atoms with Crippen LogP contribution in [0.3, 0.4) is 0 Å². The van der Waals surface area contributed by atoms with Gasteiger partial charge < -0.3 is 10.1 Å². The SMILES string of the molecule is COc1ccc2cc(C(=O)Nc3cccc(C4SCCCS4)c3)c(C)nc2c1. The van der Waals surface area contributed by atoms with Crippen LogP contribution in [-0.4, -0.2) is 29.5 Å². The summed E-state index contributed by atoms with van der Waals surface area (Å²) in [6, 6.07) is 15.8. The molecule has 0 saturated carbocycles. The number of rotatable bonds is 4. The zero-order valence-electron chi connectivity index (χ0n) is 15.9. The van der Waals surface area contributed by atoms with Crippen molar-refractivity contribution < 1.29 is 9.53 Å². The van der Waals surface area contributed by atoms with E-state index in [2.05, 4.69) is 22.4 Å². The minimum Gasteiger partial charge on any atom is -0.497 e. The Labute approximate surface area is 173 Å². The molecule has 1 aromatic heterocycles. The van der Waals surface area contributed by atoms with Crippen LogP contribution in [0.15, 0.2) is 48.5 Å². The van der Waals surface area contributed by atoms with Crippen LogP contribution in [0, 0.1) is 6.92 Å². The summed E-state index contributed by atoms with van der Waals surface area (Å²) in [7, 11) is 1.63. The number of nitrogens with zero attached hydrogens (tertiary/aromatic N) is 1. The molecule has 1 aliphatic heterocycles. The van der Waals surface area contributed by atoms with Gasteiger partial charge in [-0.1, -0.05) is 12.1 Å². The van der Waals surface area contributed by atoms with E-state index in [1.54, 1.807) is 7.11 Å². The number of methoxy groups -OCH3 is 1. The Kier molecular flexibility index (Phi) is 5.78. The van der Waals surface area contributed by atoms with E-state index >= 15 is 0 Å². The van der Waals surface area contributed by atoms with Crippen molar-refractivity contribution in [1.29, 1.82) is 0 Å². The molecule has 2 heterocycles. The molecule has 0 aliphatic carbocycles. The first-order valence-electron chi connectivity index (χ1n) is 9.24. The summed E-state index contributed by atoms with van der Waals surface area (Å²) in [5, 5.41) is 3.96. The van der Waals surface area contributed by atoms with E-state index in [1.807, 2.05) is 66.8 Å². The van der Waals surface area contributed by atoms with Crippen LogP contribution >= 0.6 is 23.5 Å². The molecule has 1 amide bonds. The Morgan fingerprint density at radius 3 is 2.75 bits per heavy atom. The molecule has 2 aromatic carbocycles. The zero-order valence-corrected chi connectivity index (χ0v) is 17.5. The van der Waals surface area contributed by atoms with Gasteiger partial charge in [0.2, 0.25) is 0 Å². The summed E-state index contributed by atoms with van der Waals surface area (Å²) in [6.07, 6.45) is 1.27. The second-order valence-electron chi connectivity index (χ2n) is 6.69. The van der Waals surface area contributed by atoms with E-state index in [0.717, 1.165) is 22.3 Å². The van der Waals surface area contributed by atoms with E-state index in [-0.39, 0.29) is 5.91 Å². The zero-order chi connectivity index (χ0) is 19.5. The second kappa shape index (κ2) is 8.45. The van der Waals surface area contributed by atoms with Crippen LogP contribution in [0.5, 0.6) is 5.75 Å². The average molecular weight is 411 g/mol. The number of carbonyl (C=O) groups excluding carboxylic acids is 1. The molecular formula is C22H22N2O2S2. The molecule has 0 bridgehead atoms. The fraction of sp³-hybridized carbons (Fsp3) is 0.273. The van der Waals surface area contributed by atoms with Crippen molar-refractivity contribution in [2.24, 2.45) is 0 Å². The number of thioether (sulfide) groups is 2. The van der Waals surface area contributed by atoms with Crippen LogP contribution in [0.1, 0.15) is 32.6 Å². The highest BCUT2D eigenvalue weighted by Crippen LogP contribution is 2.44. The van der Waals surface area contributed by atoms with Crippen molar-refractivity contribution in [3.63, 3.8) is 0 Å². The van der Waals surface area contributed by atoms with Crippen LogP contribution < -0.4 is 10.1 Å². The molecule has 1 N–H and O–H groups in total. The van der Waals surface area contributed by atoms with Gasteiger partial charge in [0.05, 0.1) is 28.5 Å². The first-order chi connectivity index (χ1) is 13.6. The smallest absolute Gasteiger partial charge is 0.257 e. The van der Waals surface area contributed by atoms with Crippen LogP contribution in [0.4, 0.5) is 5.69 Å². The van der Waals surface area contributed by atoms with E-state index in [0.29, 0.717) is 15.8 Å². The molecule has 6 heteroatoms. The summed E-state index contributed by atoms with van der Waals surface area (Å²) in [6.45, 7) is 1.86. The van der Waals surface area contributed by atoms with Crippen LogP contribution in [0.25, 0.3) is 10.9 Å². The molecule has 1 saturated heterocycles. The van der Waals surface area contributed by atoms with E-state index in [1.165, 1.54) is 23.5 Å². The van der Waals surface area contributed by atoms with Crippen molar-refractivity contribution in [1.82, 2.24) is 4.98 Å². The van der Waals surface area contributed by atoms with E-state index in [9.17, 15) is 4.79 Å². The van der Waals surface area contributed by atoms with E-state index in [4.69, 9.17) is 4.74 Å². The van der Waals surface area contributed by atoms with Crippen molar-refractivity contribution in [2.75, 3.05) is 23.9 Å². The summed E-state index contributed by atoms with van der Waals surface area (Å²) < 4.78 is 5.71. The van der Waals surface area contributed by atoms with Gasteiger partial charge in [-0.3, -0.25) is 9.78 Å². The number of nitrogens with one attached hydrogen (secondary N) is 1. The number of aryl methyl sites for hydroxylation is 1. The van der Waals surface area contributed by atoms with Gasteiger partial charge in [0.15, 0.2) is 0 Å². The number of hydrogen-bond donors (Lipinski definition) is 1. The maximum atomic E-state index is 12.9. The van der Waals surface area contributed by atoms with Gasteiger partial charge in [-0.15, -0.1) is 23.5 Å². The van der Waals surface area contributed by atoms with Gasteiger partial charge in [0.25, 0.3) is 5.91 Å². The molecule has 1 aliphatic rings. The molecule has 0 atom stereocenters. The maximum Gasteiger partial charge on any atom is 0.257 e. The lowest BCUT2D eigenvalue weighted by atomic mass is 10.1. The molecule has 0 spiro atoms. The molecule has 4 rings (SSSR count). The molecular weight excluding hydrogens is 388 g/mol. The minimum absolute atomic E-state index is 0.135. The molecule has 1 fully saturated rings. The molecule has 144 valence electrons. The third-order valence-corrected chi connectivity index (χ3v) is 7.72.